The molecule has 0 saturated carbocycles. The molecule has 1 aromatic heterocycles. The van der Waals surface area contributed by atoms with E-state index in [0.717, 1.165) is 11.1 Å². The van der Waals surface area contributed by atoms with E-state index in [9.17, 15) is 20.0 Å². The second-order valence-electron chi connectivity index (χ2n) is 9.41. The van der Waals surface area contributed by atoms with Gasteiger partial charge in [0.25, 0.3) is 5.56 Å². The van der Waals surface area contributed by atoms with Crippen LogP contribution < -0.4 is 5.56 Å². The second-order valence-corrected chi connectivity index (χ2v) is 9.41. The molecule has 6 nitrogen and oxygen atoms in total. The molecule has 0 bridgehead atoms. The summed E-state index contributed by atoms with van der Waals surface area (Å²) in [5, 5.41) is 20.6. The number of nitriles is 1. The Bertz CT molecular complexity index is 1250. The molecule has 1 N–H and O–H groups in total. The summed E-state index contributed by atoms with van der Waals surface area (Å²) in [5.41, 5.74) is 1.91. The summed E-state index contributed by atoms with van der Waals surface area (Å²) in [6.07, 6.45) is -1.05. The molecule has 0 atom stereocenters. The molecule has 1 heterocycles. The third-order valence-corrected chi connectivity index (χ3v) is 5.47. The molecule has 6 heteroatoms. The number of pyridine rings is 1. The molecule has 0 unspecified atom stereocenters. The lowest BCUT2D eigenvalue weighted by atomic mass is 9.94. The van der Waals surface area contributed by atoms with Crippen molar-refractivity contribution in [3.8, 4) is 17.2 Å². The first-order chi connectivity index (χ1) is 15.0. The highest BCUT2D eigenvalue weighted by atomic mass is 16.4. The van der Waals surface area contributed by atoms with Crippen LogP contribution in [0.25, 0.3) is 21.9 Å². The number of carboxylic acid groups (broad SMARTS) is 1. The van der Waals surface area contributed by atoms with E-state index in [1.165, 1.54) is 4.90 Å². The van der Waals surface area contributed by atoms with Crippen molar-refractivity contribution >= 4 is 16.9 Å². The van der Waals surface area contributed by atoms with Gasteiger partial charge in [0.2, 0.25) is 0 Å². The van der Waals surface area contributed by atoms with Crippen LogP contribution in [0.15, 0.2) is 53.3 Å². The Morgan fingerprint density at radius 3 is 2.31 bits per heavy atom. The molecule has 0 fully saturated rings. The lowest BCUT2D eigenvalue weighted by molar-refractivity contribution is 0.0937. The van der Waals surface area contributed by atoms with Gasteiger partial charge in [-0.15, -0.1) is 0 Å². The van der Waals surface area contributed by atoms with Crippen molar-refractivity contribution in [3.05, 3.63) is 70.1 Å². The molecule has 1 amide bonds. The predicted octanol–water partition coefficient (Wildman–Crippen LogP) is 5.47. The summed E-state index contributed by atoms with van der Waals surface area (Å²) in [6.45, 7) is 10.1. The second kappa shape index (κ2) is 8.88. The van der Waals surface area contributed by atoms with Gasteiger partial charge in [0, 0.05) is 28.7 Å². The smallest absolute Gasteiger partial charge is 0.408 e. The average Bonchev–Trinajstić information content (AvgIpc) is 2.73. The summed E-state index contributed by atoms with van der Waals surface area (Å²) in [5.74, 6) is 0.179. The Hall–Kier alpha value is -3.59. The molecule has 3 aromatic rings. The van der Waals surface area contributed by atoms with Gasteiger partial charge in [0.05, 0.1) is 18.2 Å². The van der Waals surface area contributed by atoms with Crippen molar-refractivity contribution in [2.75, 3.05) is 0 Å². The van der Waals surface area contributed by atoms with Gasteiger partial charge >= 0.3 is 6.09 Å². The summed E-state index contributed by atoms with van der Waals surface area (Å²) in [4.78, 5) is 27.1. The number of rotatable bonds is 5. The number of fused-ring (bicyclic) bond motifs is 1. The van der Waals surface area contributed by atoms with Gasteiger partial charge in [-0.25, -0.2) is 4.79 Å². The summed E-state index contributed by atoms with van der Waals surface area (Å²) in [7, 11) is 0. The van der Waals surface area contributed by atoms with Crippen LogP contribution in [0, 0.1) is 17.2 Å². The molecule has 0 aliphatic heterocycles. The average molecular weight is 432 g/mol. The number of aromatic nitrogens is 1. The highest BCUT2D eigenvalue weighted by Gasteiger charge is 2.29. The first-order valence-electron chi connectivity index (χ1n) is 10.7. The molecular formula is C26H29N3O3. The van der Waals surface area contributed by atoms with Crippen LogP contribution >= 0.6 is 0 Å². The molecule has 0 radical (unpaired) electrons. The van der Waals surface area contributed by atoms with E-state index in [-0.39, 0.29) is 18.0 Å². The van der Waals surface area contributed by atoms with E-state index < -0.39 is 11.6 Å². The summed E-state index contributed by atoms with van der Waals surface area (Å²) in [6, 6.07) is 16.9. The molecule has 32 heavy (non-hydrogen) atoms. The van der Waals surface area contributed by atoms with Gasteiger partial charge in [0.1, 0.15) is 0 Å². The highest BCUT2D eigenvalue weighted by Crippen LogP contribution is 2.33. The fraction of sp³-hybridized carbons (Fsp3) is 0.346. The highest BCUT2D eigenvalue weighted by molar-refractivity contribution is 5.98. The standard InChI is InChI=1S/C26H29N3O3/c1-17(2)15-28-22(16-29(25(31)32)26(3,4)5)23(19-9-7-6-8-10-19)21-13-18(14-27)11-12-20(21)24(28)30/h6-13,17H,15-16H2,1-5H3,(H,31,32). The minimum atomic E-state index is -1.05. The normalized spacial score (nSPS) is 11.5. The monoisotopic (exact) mass is 431 g/mol. The number of hydrogen-bond acceptors (Lipinski definition) is 3. The third-order valence-electron chi connectivity index (χ3n) is 5.47. The Morgan fingerprint density at radius 2 is 1.78 bits per heavy atom. The van der Waals surface area contributed by atoms with E-state index in [4.69, 9.17) is 0 Å². The van der Waals surface area contributed by atoms with Crippen LogP contribution in [0.2, 0.25) is 0 Å². The Balaban J connectivity index is 2.49. The maximum absolute atomic E-state index is 13.6. The predicted molar refractivity (Wildman–Crippen MR) is 127 cm³/mol. The number of amides is 1. The lowest BCUT2D eigenvalue weighted by Crippen LogP contribution is -2.45. The van der Waals surface area contributed by atoms with Crippen molar-refractivity contribution in [3.63, 3.8) is 0 Å². The SMILES string of the molecule is CC(C)Cn1c(CN(C(=O)O)C(C)(C)C)c(-c2ccccc2)c2cc(C#N)ccc2c1=O. The summed E-state index contributed by atoms with van der Waals surface area (Å²) >= 11 is 0. The zero-order chi connectivity index (χ0) is 23.6. The van der Waals surface area contributed by atoms with Crippen LogP contribution in [-0.2, 0) is 13.1 Å². The number of nitrogens with zero attached hydrogens (tertiary/aromatic N) is 3. The van der Waals surface area contributed by atoms with E-state index in [1.54, 1.807) is 22.8 Å². The van der Waals surface area contributed by atoms with E-state index in [2.05, 4.69) is 6.07 Å². The summed E-state index contributed by atoms with van der Waals surface area (Å²) < 4.78 is 1.71. The minimum Gasteiger partial charge on any atom is -0.465 e. The Labute approximate surface area is 188 Å². The lowest BCUT2D eigenvalue weighted by Gasteiger charge is -2.35. The number of benzene rings is 2. The fourth-order valence-electron chi connectivity index (χ4n) is 3.96. The van der Waals surface area contributed by atoms with Gasteiger partial charge < -0.3 is 9.67 Å². The van der Waals surface area contributed by atoms with Gasteiger partial charge in [-0.3, -0.25) is 9.69 Å². The molecule has 2 aromatic carbocycles. The van der Waals surface area contributed by atoms with Gasteiger partial charge in [-0.05, 0) is 55.8 Å². The van der Waals surface area contributed by atoms with Crippen molar-refractivity contribution in [1.29, 1.82) is 5.26 Å². The quantitative estimate of drug-likeness (QED) is 0.580. The minimum absolute atomic E-state index is 0.0533. The van der Waals surface area contributed by atoms with Crippen molar-refractivity contribution < 1.29 is 9.90 Å². The maximum atomic E-state index is 13.6. The molecule has 3 rings (SSSR count). The number of hydrogen-bond donors (Lipinski definition) is 1. The molecule has 0 aliphatic rings. The zero-order valence-corrected chi connectivity index (χ0v) is 19.2. The van der Waals surface area contributed by atoms with Crippen LogP contribution in [-0.4, -0.2) is 26.2 Å². The van der Waals surface area contributed by atoms with Crippen LogP contribution in [0.3, 0.4) is 0 Å². The largest absolute Gasteiger partial charge is 0.465 e. The zero-order valence-electron chi connectivity index (χ0n) is 19.2. The van der Waals surface area contributed by atoms with Gasteiger partial charge in [0.15, 0.2) is 0 Å². The first kappa shape index (κ1) is 23.1. The molecule has 166 valence electrons. The van der Waals surface area contributed by atoms with Crippen LogP contribution in [0.1, 0.15) is 45.9 Å². The van der Waals surface area contributed by atoms with Gasteiger partial charge in [-0.2, -0.15) is 5.26 Å². The Morgan fingerprint density at radius 1 is 1.12 bits per heavy atom. The first-order valence-corrected chi connectivity index (χ1v) is 10.7. The van der Waals surface area contributed by atoms with E-state index in [1.807, 2.05) is 65.0 Å². The molecule has 0 saturated heterocycles. The number of carbonyl (C=O) groups is 1. The molecular weight excluding hydrogens is 402 g/mol. The van der Waals surface area contributed by atoms with E-state index in [0.29, 0.717) is 28.6 Å². The Kier molecular flexibility index (Phi) is 6.40. The maximum Gasteiger partial charge on any atom is 0.408 e. The van der Waals surface area contributed by atoms with Crippen molar-refractivity contribution in [1.82, 2.24) is 9.47 Å². The van der Waals surface area contributed by atoms with E-state index >= 15 is 0 Å². The fourth-order valence-corrected chi connectivity index (χ4v) is 3.96. The molecule has 0 spiro atoms. The topological polar surface area (TPSA) is 86.3 Å². The third kappa shape index (κ3) is 4.52. The van der Waals surface area contributed by atoms with Crippen molar-refractivity contribution in [2.45, 2.75) is 53.2 Å². The van der Waals surface area contributed by atoms with Crippen LogP contribution in [0.4, 0.5) is 4.79 Å². The van der Waals surface area contributed by atoms with Crippen molar-refractivity contribution in [2.24, 2.45) is 5.92 Å². The molecule has 0 aliphatic carbocycles. The van der Waals surface area contributed by atoms with Gasteiger partial charge in [-0.1, -0.05) is 44.2 Å². The van der Waals surface area contributed by atoms with Crippen LogP contribution in [0.5, 0.6) is 0 Å².